The van der Waals surface area contributed by atoms with Gasteiger partial charge in [0.1, 0.15) is 12.4 Å². The number of aryl methyl sites for hydroxylation is 1. The van der Waals surface area contributed by atoms with Gasteiger partial charge in [-0.15, -0.1) is 11.3 Å². The Hall–Kier alpha value is -3.16. The molecular formula is C25H24ClN3O3S. The predicted molar refractivity (Wildman–Crippen MR) is 131 cm³/mol. The molecule has 170 valence electrons. The van der Waals surface area contributed by atoms with Gasteiger partial charge in [-0.1, -0.05) is 23.7 Å². The molecule has 1 aromatic heterocycles. The number of thiazole rings is 1. The van der Waals surface area contributed by atoms with Gasteiger partial charge >= 0.3 is 0 Å². The van der Waals surface area contributed by atoms with Crippen LogP contribution in [0.2, 0.25) is 5.02 Å². The van der Waals surface area contributed by atoms with E-state index in [-0.39, 0.29) is 11.8 Å². The van der Waals surface area contributed by atoms with Crippen LogP contribution >= 0.6 is 22.9 Å². The molecule has 0 N–H and O–H groups in total. The molecule has 3 aromatic rings. The summed E-state index contributed by atoms with van der Waals surface area (Å²) in [5.41, 5.74) is 2.39. The molecule has 0 bridgehead atoms. The Morgan fingerprint density at radius 1 is 1.09 bits per heavy atom. The van der Waals surface area contributed by atoms with E-state index in [1.807, 2.05) is 36.6 Å². The normalized spacial score (nSPS) is 14.0. The predicted octanol–water partition coefficient (Wildman–Crippen LogP) is 4.68. The van der Waals surface area contributed by atoms with Gasteiger partial charge in [0.15, 0.2) is 0 Å². The molecule has 2 heterocycles. The highest BCUT2D eigenvalue weighted by atomic mass is 35.5. The molecule has 2 aromatic carbocycles. The molecule has 0 unspecified atom stereocenters. The number of amides is 2. The summed E-state index contributed by atoms with van der Waals surface area (Å²) in [6.45, 7) is 4.38. The van der Waals surface area contributed by atoms with Crippen LogP contribution in [0.4, 0.5) is 0 Å². The molecule has 6 nitrogen and oxygen atoms in total. The summed E-state index contributed by atoms with van der Waals surface area (Å²) in [7, 11) is 0. The Bertz CT molecular complexity index is 1150. The van der Waals surface area contributed by atoms with Crippen LogP contribution in [0.5, 0.6) is 5.75 Å². The topological polar surface area (TPSA) is 62.7 Å². The summed E-state index contributed by atoms with van der Waals surface area (Å²) >= 11 is 7.49. The molecule has 0 atom stereocenters. The van der Waals surface area contributed by atoms with Gasteiger partial charge in [-0.2, -0.15) is 0 Å². The zero-order valence-electron chi connectivity index (χ0n) is 18.2. The second-order valence-electron chi connectivity index (χ2n) is 7.68. The van der Waals surface area contributed by atoms with E-state index in [0.717, 1.165) is 22.0 Å². The summed E-state index contributed by atoms with van der Waals surface area (Å²) in [4.78, 5) is 33.2. The second-order valence-corrected chi connectivity index (χ2v) is 9.18. The van der Waals surface area contributed by atoms with Crippen LogP contribution in [0, 0.1) is 6.92 Å². The van der Waals surface area contributed by atoms with E-state index in [1.54, 1.807) is 57.6 Å². The van der Waals surface area contributed by atoms with Crippen LogP contribution < -0.4 is 4.74 Å². The number of carbonyl (C=O) groups is 2. The molecule has 0 radical (unpaired) electrons. The number of hydrogen-bond donors (Lipinski definition) is 0. The first-order valence-electron chi connectivity index (χ1n) is 10.6. The van der Waals surface area contributed by atoms with E-state index < -0.39 is 0 Å². The van der Waals surface area contributed by atoms with E-state index in [0.29, 0.717) is 43.4 Å². The first-order valence-corrected chi connectivity index (χ1v) is 11.9. The first-order chi connectivity index (χ1) is 16.0. The molecule has 1 aliphatic heterocycles. The quantitative estimate of drug-likeness (QED) is 0.479. The number of aromatic nitrogens is 1. The van der Waals surface area contributed by atoms with E-state index in [4.69, 9.17) is 16.3 Å². The smallest absolute Gasteiger partial charge is 0.253 e. The lowest BCUT2D eigenvalue weighted by Gasteiger charge is -2.34. The van der Waals surface area contributed by atoms with Crippen molar-refractivity contribution in [3.05, 3.63) is 86.8 Å². The molecule has 1 fully saturated rings. The third kappa shape index (κ3) is 6.21. The summed E-state index contributed by atoms with van der Waals surface area (Å²) in [6.07, 6.45) is 3.35. The van der Waals surface area contributed by atoms with Gasteiger partial charge in [-0.3, -0.25) is 9.59 Å². The standard InChI is InChI=1S/C25H24ClN3O3S/c1-18-27-22(17-33-18)16-32-23-4-2-3-19(15-23)5-10-24(30)28-11-13-29(14-12-28)25(31)20-6-8-21(26)9-7-20/h2-10,15,17H,11-14,16H2,1H3/b10-5+. The Balaban J connectivity index is 1.28. The lowest BCUT2D eigenvalue weighted by atomic mass is 10.1. The molecule has 4 rings (SSSR count). The molecule has 0 saturated carbocycles. The van der Waals surface area contributed by atoms with Crippen molar-refractivity contribution in [1.29, 1.82) is 0 Å². The van der Waals surface area contributed by atoms with Crippen LogP contribution in [-0.2, 0) is 11.4 Å². The third-order valence-corrected chi connectivity index (χ3v) is 6.37. The summed E-state index contributed by atoms with van der Waals surface area (Å²) in [5, 5.41) is 3.60. The summed E-state index contributed by atoms with van der Waals surface area (Å²) in [6, 6.07) is 14.5. The molecule has 33 heavy (non-hydrogen) atoms. The maximum atomic E-state index is 12.6. The zero-order chi connectivity index (χ0) is 23.2. The van der Waals surface area contributed by atoms with Crippen LogP contribution in [0.25, 0.3) is 6.08 Å². The highest BCUT2D eigenvalue weighted by molar-refractivity contribution is 7.09. The second kappa shape index (κ2) is 10.6. The number of piperazine rings is 1. The third-order valence-electron chi connectivity index (χ3n) is 5.30. The lowest BCUT2D eigenvalue weighted by molar-refractivity contribution is -0.127. The minimum Gasteiger partial charge on any atom is -0.487 e. The fourth-order valence-corrected chi connectivity index (χ4v) is 4.24. The molecular weight excluding hydrogens is 458 g/mol. The van der Waals surface area contributed by atoms with Crippen molar-refractivity contribution in [2.45, 2.75) is 13.5 Å². The Morgan fingerprint density at radius 3 is 2.52 bits per heavy atom. The molecule has 1 saturated heterocycles. The van der Waals surface area contributed by atoms with Gasteiger partial charge in [0.05, 0.1) is 10.7 Å². The van der Waals surface area contributed by atoms with Crippen molar-refractivity contribution < 1.29 is 14.3 Å². The maximum Gasteiger partial charge on any atom is 0.253 e. The highest BCUT2D eigenvalue weighted by Crippen LogP contribution is 2.18. The number of carbonyl (C=O) groups excluding carboxylic acids is 2. The monoisotopic (exact) mass is 481 g/mol. The number of benzene rings is 2. The van der Waals surface area contributed by atoms with Crippen LogP contribution in [0.15, 0.2) is 60.0 Å². The van der Waals surface area contributed by atoms with Gasteiger partial charge in [0.2, 0.25) is 5.91 Å². The fourth-order valence-electron chi connectivity index (χ4n) is 3.52. The number of nitrogens with zero attached hydrogens (tertiary/aromatic N) is 3. The largest absolute Gasteiger partial charge is 0.487 e. The molecule has 2 amide bonds. The Morgan fingerprint density at radius 2 is 1.82 bits per heavy atom. The van der Waals surface area contributed by atoms with Crippen LogP contribution in [0.1, 0.15) is 26.6 Å². The Labute approximate surface area is 202 Å². The van der Waals surface area contributed by atoms with Crippen molar-refractivity contribution >= 4 is 40.8 Å². The number of ether oxygens (including phenoxy) is 1. The lowest BCUT2D eigenvalue weighted by Crippen LogP contribution is -2.50. The van der Waals surface area contributed by atoms with Crippen molar-refractivity contribution in [1.82, 2.24) is 14.8 Å². The summed E-state index contributed by atoms with van der Waals surface area (Å²) in [5.74, 6) is 0.612. The molecule has 0 aliphatic carbocycles. The summed E-state index contributed by atoms with van der Waals surface area (Å²) < 4.78 is 5.82. The number of rotatable bonds is 6. The van der Waals surface area contributed by atoms with Gasteiger partial charge in [0, 0.05) is 48.2 Å². The van der Waals surface area contributed by atoms with Crippen molar-refractivity contribution in [2.24, 2.45) is 0 Å². The maximum absolute atomic E-state index is 12.6. The van der Waals surface area contributed by atoms with Crippen molar-refractivity contribution in [2.75, 3.05) is 26.2 Å². The number of hydrogen-bond acceptors (Lipinski definition) is 5. The van der Waals surface area contributed by atoms with E-state index >= 15 is 0 Å². The molecule has 8 heteroatoms. The first kappa shape index (κ1) is 23.0. The average molecular weight is 482 g/mol. The van der Waals surface area contributed by atoms with Crippen molar-refractivity contribution in [3.63, 3.8) is 0 Å². The molecule has 0 spiro atoms. The van der Waals surface area contributed by atoms with Crippen LogP contribution in [0.3, 0.4) is 0 Å². The van der Waals surface area contributed by atoms with E-state index in [1.165, 1.54) is 0 Å². The van der Waals surface area contributed by atoms with Gasteiger partial charge < -0.3 is 14.5 Å². The number of halogens is 1. The minimum atomic E-state index is -0.0714. The minimum absolute atomic E-state index is 0.0427. The Kier molecular flexibility index (Phi) is 7.42. The van der Waals surface area contributed by atoms with E-state index in [9.17, 15) is 9.59 Å². The zero-order valence-corrected chi connectivity index (χ0v) is 19.8. The van der Waals surface area contributed by atoms with Gasteiger partial charge in [-0.05, 0) is 55.0 Å². The molecule has 1 aliphatic rings. The fraction of sp³-hybridized carbons (Fsp3) is 0.240. The van der Waals surface area contributed by atoms with Gasteiger partial charge in [0.25, 0.3) is 5.91 Å². The average Bonchev–Trinajstić information content (AvgIpc) is 3.26. The van der Waals surface area contributed by atoms with Crippen molar-refractivity contribution in [3.8, 4) is 5.75 Å². The SMILES string of the molecule is Cc1nc(COc2cccc(/C=C/C(=O)N3CCN(C(=O)c4ccc(Cl)cc4)CC3)c2)cs1. The van der Waals surface area contributed by atoms with E-state index in [2.05, 4.69) is 4.98 Å². The van der Waals surface area contributed by atoms with Gasteiger partial charge in [-0.25, -0.2) is 4.98 Å². The van der Waals surface area contributed by atoms with Crippen LogP contribution in [-0.4, -0.2) is 52.8 Å². The highest BCUT2D eigenvalue weighted by Gasteiger charge is 2.23.